The minimum Gasteiger partial charge on any atom is -0.353 e. The van der Waals surface area contributed by atoms with Crippen molar-refractivity contribution in [2.24, 2.45) is 23.5 Å². The number of halogens is 1. The van der Waals surface area contributed by atoms with Crippen LogP contribution in [0, 0.1) is 17.8 Å². The van der Waals surface area contributed by atoms with Gasteiger partial charge in [0.2, 0.25) is 11.8 Å². The highest BCUT2D eigenvalue weighted by molar-refractivity contribution is 5.85. The van der Waals surface area contributed by atoms with Crippen LogP contribution < -0.4 is 16.4 Å². The van der Waals surface area contributed by atoms with Crippen molar-refractivity contribution in [1.29, 1.82) is 0 Å². The standard InChI is InChI=1S/C19H33N3O2.ClH/c20-12-17(14-5-6-14)22-19(24)15-7-9-16(10-8-15)21-18(23)11-13-3-1-2-4-13;/h13-17H,1-12,20H2,(H,21,23)(H,22,24);1H. The molecule has 3 aliphatic rings. The molecule has 4 N–H and O–H groups in total. The van der Waals surface area contributed by atoms with Gasteiger partial charge < -0.3 is 16.4 Å². The van der Waals surface area contributed by atoms with Crippen LogP contribution >= 0.6 is 12.4 Å². The van der Waals surface area contributed by atoms with Crippen LogP contribution in [0.4, 0.5) is 0 Å². The van der Waals surface area contributed by atoms with E-state index >= 15 is 0 Å². The van der Waals surface area contributed by atoms with Crippen molar-refractivity contribution < 1.29 is 9.59 Å². The van der Waals surface area contributed by atoms with Gasteiger partial charge in [-0.25, -0.2) is 0 Å². The third-order valence-electron chi connectivity index (χ3n) is 6.18. The summed E-state index contributed by atoms with van der Waals surface area (Å²) in [6, 6.07) is 0.429. The molecule has 1 atom stereocenters. The molecule has 0 radical (unpaired) electrons. The fourth-order valence-corrected chi connectivity index (χ4v) is 4.43. The second-order valence-corrected chi connectivity index (χ2v) is 8.16. The first-order valence-corrected chi connectivity index (χ1v) is 9.95. The van der Waals surface area contributed by atoms with Gasteiger partial charge in [-0.15, -0.1) is 12.4 Å². The summed E-state index contributed by atoms with van der Waals surface area (Å²) in [6.45, 7) is 0.545. The molecular formula is C19H34ClN3O2. The van der Waals surface area contributed by atoms with E-state index in [9.17, 15) is 9.59 Å². The Labute approximate surface area is 157 Å². The van der Waals surface area contributed by atoms with Crippen LogP contribution in [0.25, 0.3) is 0 Å². The Morgan fingerprint density at radius 2 is 1.60 bits per heavy atom. The van der Waals surface area contributed by atoms with Crippen molar-refractivity contribution in [1.82, 2.24) is 10.6 Å². The number of hydrogen-bond acceptors (Lipinski definition) is 3. The van der Waals surface area contributed by atoms with E-state index in [1.54, 1.807) is 0 Å². The van der Waals surface area contributed by atoms with E-state index in [-0.39, 0.29) is 42.2 Å². The molecular weight excluding hydrogens is 338 g/mol. The zero-order chi connectivity index (χ0) is 16.9. The molecule has 3 aliphatic carbocycles. The van der Waals surface area contributed by atoms with E-state index in [4.69, 9.17) is 5.73 Å². The molecule has 1 unspecified atom stereocenters. The molecule has 25 heavy (non-hydrogen) atoms. The maximum Gasteiger partial charge on any atom is 0.223 e. The first-order valence-electron chi connectivity index (χ1n) is 9.95. The second-order valence-electron chi connectivity index (χ2n) is 8.16. The van der Waals surface area contributed by atoms with Crippen LogP contribution in [0.5, 0.6) is 0 Å². The molecule has 0 aromatic rings. The van der Waals surface area contributed by atoms with Crippen LogP contribution in [-0.2, 0) is 9.59 Å². The Morgan fingerprint density at radius 1 is 0.960 bits per heavy atom. The molecule has 3 saturated carbocycles. The first kappa shape index (κ1) is 20.5. The van der Waals surface area contributed by atoms with Gasteiger partial charge in [0.25, 0.3) is 0 Å². The van der Waals surface area contributed by atoms with Gasteiger partial charge in [0.15, 0.2) is 0 Å². The molecule has 144 valence electrons. The first-order chi connectivity index (χ1) is 11.7. The summed E-state index contributed by atoms with van der Waals surface area (Å²) >= 11 is 0. The molecule has 0 spiro atoms. The monoisotopic (exact) mass is 371 g/mol. The summed E-state index contributed by atoms with van der Waals surface area (Å²) in [6.07, 6.45) is 11.7. The molecule has 0 aliphatic heterocycles. The van der Waals surface area contributed by atoms with Crippen LogP contribution in [0.2, 0.25) is 0 Å². The topological polar surface area (TPSA) is 84.2 Å². The van der Waals surface area contributed by atoms with Gasteiger partial charge >= 0.3 is 0 Å². The maximum absolute atomic E-state index is 12.4. The highest BCUT2D eigenvalue weighted by Crippen LogP contribution is 2.33. The number of hydrogen-bond donors (Lipinski definition) is 3. The second kappa shape index (κ2) is 9.77. The molecule has 0 saturated heterocycles. The molecule has 0 bridgehead atoms. The quantitative estimate of drug-likeness (QED) is 0.642. The van der Waals surface area contributed by atoms with Crippen LogP contribution in [0.3, 0.4) is 0 Å². The number of carbonyl (C=O) groups excluding carboxylic acids is 2. The van der Waals surface area contributed by atoms with Crippen molar-refractivity contribution in [3.8, 4) is 0 Å². The van der Waals surface area contributed by atoms with Crippen molar-refractivity contribution >= 4 is 24.2 Å². The van der Waals surface area contributed by atoms with E-state index in [1.165, 1.54) is 38.5 Å². The normalized spacial score (nSPS) is 28.0. The summed E-state index contributed by atoms with van der Waals surface area (Å²) < 4.78 is 0. The van der Waals surface area contributed by atoms with Crippen molar-refractivity contribution in [2.75, 3.05) is 6.54 Å². The largest absolute Gasteiger partial charge is 0.353 e. The van der Waals surface area contributed by atoms with Gasteiger partial charge in [0, 0.05) is 31.0 Å². The zero-order valence-electron chi connectivity index (χ0n) is 15.2. The van der Waals surface area contributed by atoms with Gasteiger partial charge in [0.1, 0.15) is 0 Å². The SMILES string of the molecule is Cl.NCC(NC(=O)C1CCC(NC(=O)CC2CCCC2)CC1)C1CC1. The van der Waals surface area contributed by atoms with Crippen LogP contribution in [0.15, 0.2) is 0 Å². The lowest BCUT2D eigenvalue weighted by molar-refractivity contribution is -0.127. The Morgan fingerprint density at radius 3 is 2.16 bits per heavy atom. The van der Waals surface area contributed by atoms with Gasteiger partial charge in [-0.1, -0.05) is 12.8 Å². The van der Waals surface area contributed by atoms with Gasteiger partial charge in [0.05, 0.1) is 0 Å². The zero-order valence-corrected chi connectivity index (χ0v) is 16.0. The van der Waals surface area contributed by atoms with Gasteiger partial charge in [-0.2, -0.15) is 0 Å². The third-order valence-corrected chi connectivity index (χ3v) is 6.18. The van der Waals surface area contributed by atoms with Crippen molar-refractivity contribution in [2.45, 2.75) is 82.7 Å². The molecule has 2 amide bonds. The number of nitrogens with two attached hydrogens (primary N) is 1. The molecule has 3 fully saturated rings. The summed E-state index contributed by atoms with van der Waals surface area (Å²) in [4.78, 5) is 24.5. The van der Waals surface area contributed by atoms with E-state index in [0.717, 1.165) is 25.7 Å². The molecule has 6 heteroatoms. The van der Waals surface area contributed by atoms with Gasteiger partial charge in [-0.3, -0.25) is 9.59 Å². The lowest BCUT2D eigenvalue weighted by Crippen LogP contribution is -2.46. The highest BCUT2D eigenvalue weighted by Gasteiger charge is 2.34. The molecule has 5 nitrogen and oxygen atoms in total. The van der Waals surface area contributed by atoms with E-state index in [0.29, 0.717) is 24.8 Å². The van der Waals surface area contributed by atoms with Gasteiger partial charge in [-0.05, 0) is 63.2 Å². The fourth-order valence-electron chi connectivity index (χ4n) is 4.43. The minimum atomic E-state index is 0. The average Bonchev–Trinajstić information content (AvgIpc) is 3.30. The number of nitrogens with one attached hydrogen (secondary N) is 2. The van der Waals surface area contributed by atoms with Crippen LogP contribution in [0.1, 0.15) is 70.6 Å². The predicted molar refractivity (Wildman–Crippen MR) is 101 cm³/mol. The Bertz CT molecular complexity index is 442. The number of amides is 2. The lowest BCUT2D eigenvalue weighted by atomic mass is 9.85. The lowest BCUT2D eigenvalue weighted by Gasteiger charge is -2.30. The Kier molecular flexibility index (Phi) is 8.01. The molecule has 0 aromatic carbocycles. The minimum absolute atomic E-state index is 0. The molecule has 3 rings (SSSR count). The average molecular weight is 372 g/mol. The fraction of sp³-hybridized carbons (Fsp3) is 0.895. The van der Waals surface area contributed by atoms with Crippen molar-refractivity contribution in [3.05, 3.63) is 0 Å². The molecule has 0 aromatic heterocycles. The Hall–Kier alpha value is -0.810. The van der Waals surface area contributed by atoms with Crippen molar-refractivity contribution in [3.63, 3.8) is 0 Å². The maximum atomic E-state index is 12.4. The van der Waals surface area contributed by atoms with E-state index in [2.05, 4.69) is 10.6 Å². The summed E-state index contributed by atoms with van der Waals surface area (Å²) in [5.74, 6) is 1.69. The van der Waals surface area contributed by atoms with E-state index in [1.807, 2.05) is 0 Å². The summed E-state index contributed by atoms with van der Waals surface area (Å²) in [5.41, 5.74) is 5.77. The smallest absolute Gasteiger partial charge is 0.223 e. The number of rotatable bonds is 7. The highest BCUT2D eigenvalue weighted by atomic mass is 35.5. The predicted octanol–water partition coefficient (Wildman–Crippen LogP) is 2.52. The number of carbonyl (C=O) groups is 2. The third kappa shape index (κ3) is 6.14. The summed E-state index contributed by atoms with van der Waals surface area (Å²) in [7, 11) is 0. The Balaban J connectivity index is 0.00000225. The van der Waals surface area contributed by atoms with E-state index < -0.39 is 0 Å². The van der Waals surface area contributed by atoms with Crippen LogP contribution in [-0.4, -0.2) is 30.4 Å². The molecule has 0 heterocycles. The summed E-state index contributed by atoms with van der Waals surface area (Å²) in [5, 5.41) is 6.35.